The lowest BCUT2D eigenvalue weighted by atomic mass is 10.1. The normalized spacial score (nSPS) is 10.5. The Morgan fingerprint density at radius 3 is 2.54 bits per heavy atom. The van der Waals surface area contributed by atoms with E-state index in [1.165, 1.54) is 23.9 Å². The number of methoxy groups -OCH3 is 1. The Hall–Kier alpha value is -2.86. The molecule has 0 unspecified atom stereocenters. The summed E-state index contributed by atoms with van der Waals surface area (Å²) < 4.78 is 15.2. The first-order valence-electron chi connectivity index (χ1n) is 8.12. The summed E-state index contributed by atoms with van der Waals surface area (Å²) in [6, 6.07) is 10.9. The Morgan fingerprint density at radius 2 is 1.92 bits per heavy atom. The van der Waals surface area contributed by atoms with Gasteiger partial charge in [-0.25, -0.2) is 0 Å². The molecule has 0 bridgehead atoms. The molecule has 0 atom stereocenters. The quantitative estimate of drug-likeness (QED) is 0.457. The lowest BCUT2D eigenvalue weighted by Crippen LogP contribution is -2.07. The molecule has 1 aromatic carbocycles. The van der Waals surface area contributed by atoms with Gasteiger partial charge in [-0.15, -0.1) is 11.3 Å². The van der Waals surface area contributed by atoms with Crippen LogP contribution in [0.5, 0.6) is 5.75 Å². The summed E-state index contributed by atoms with van der Waals surface area (Å²) in [5.41, 5.74) is 2.17. The monoisotopic (exact) mass is 370 g/mol. The van der Waals surface area contributed by atoms with Gasteiger partial charge in [0.1, 0.15) is 12.0 Å². The van der Waals surface area contributed by atoms with Gasteiger partial charge in [-0.1, -0.05) is 0 Å². The highest BCUT2D eigenvalue weighted by molar-refractivity contribution is 7.17. The molecular formula is C20H18O5S. The van der Waals surface area contributed by atoms with Gasteiger partial charge in [0.15, 0.2) is 0 Å². The highest BCUT2D eigenvalue weighted by Gasteiger charge is 2.20. The summed E-state index contributed by atoms with van der Waals surface area (Å²) in [5.74, 6) is 0.294. The summed E-state index contributed by atoms with van der Waals surface area (Å²) in [6.45, 7) is 2.09. The molecule has 0 fully saturated rings. The number of benzene rings is 1. The summed E-state index contributed by atoms with van der Waals surface area (Å²) in [4.78, 5) is 26.0. The van der Waals surface area contributed by atoms with Gasteiger partial charge >= 0.3 is 5.97 Å². The Bertz CT molecular complexity index is 891. The van der Waals surface area contributed by atoms with E-state index in [1.807, 2.05) is 24.3 Å². The Balaban J connectivity index is 1.99. The van der Waals surface area contributed by atoms with Crippen LogP contribution in [-0.2, 0) is 16.0 Å². The Labute approximate surface area is 155 Å². The first-order valence-corrected chi connectivity index (χ1v) is 8.93. The van der Waals surface area contributed by atoms with E-state index in [1.54, 1.807) is 26.2 Å². The van der Waals surface area contributed by atoms with Gasteiger partial charge in [0, 0.05) is 4.88 Å². The molecule has 134 valence electrons. The lowest BCUT2D eigenvalue weighted by Gasteiger charge is -2.05. The Morgan fingerprint density at radius 1 is 1.15 bits per heavy atom. The van der Waals surface area contributed by atoms with Crippen LogP contribution in [0.3, 0.4) is 0 Å². The lowest BCUT2D eigenvalue weighted by molar-refractivity contribution is -0.142. The molecular weight excluding hydrogens is 352 g/mol. The maximum atomic E-state index is 12.6. The Kier molecular flexibility index (Phi) is 5.53. The number of hydrogen-bond acceptors (Lipinski definition) is 6. The van der Waals surface area contributed by atoms with Crippen molar-refractivity contribution in [1.82, 2.24) is 0 Å². The third-order valence-corrected chi connectivity index (χ3v) is 5.03. The molecule has 2 heterocycles. The van der Waals surface area contributed by atoms with E-state index < -0.39 is 0 Å². The fraction of sp³-hybridized carbons (Fsp3) is 0.200. The first-order chi connectivity index (χ1) is 12.6. The van der Waals surface area contributed by atoms with Crippen LogP contribution in [0.4, 0.5) is 0 Å². The molecule has 0 radical (unpaired) electrons. The van der Waals surface area contributed by atoms with Crippen LogP contribution in [0, 0.1) is 0 Å². The highest BCUT2D eigenvalue weighted by Crippen LogP contribution is 2.35. The highest BCUT2D eigenvalue weighted by atomic mass is 32.1. The average Bonchev–Trinajstić information content (AvgIpc) is 3.31. The summed E-state index contributed by atoms with van der Waals surface area (Å²) >= 11 is 1.35. The van der Waals surface area contributed by atoms with Gasteiger partial charge in [0.2, 0.25) is 5.78 Å². The number of hydrogen-bond donors (Lipinski definition) is 0. The number of carbonyl (C=O) groups is 2. The van der Waals surface area contributed by atoms with Crippen LogP contribution in [0.1, 0.15) is 27.7 Å². The van der Waals surface area contributed by atoms with E-state index in [0.717, 1.165) is 21.8 Å². The minimum absolute atomic E-state index is 0.115. The second-order valence-corrected chi connectivity index (χ2v) is 6.57. The number of ketones is 1. The van der Waals surface area contributed by atoms with Gasteiger partial charge in [-0.2, -0.15) is 0 Å². The van der Waals surface area contributed by atoms with Crippen molar-refractivity contribution in [1.29, 1.82) is 0 Å². The molecule has 26 heavy (non-hydrogen) atoms. The molecule has 2 aromatic heterocycles. The topological polar surface area (TPSA) is 65.7 Å². The van der Waals surface area contributed by atoms with E-state index in [4.69, 9.17) is 13.9 Å². The SMILES string of the molecule is CCOC(=O)Cc1cc(C(=O)c2ccoc2)sc1-c1ccc(OC)cc1. The average molecular weight is 370 g/mol. The molecule has 0 spiro atoms. The van der Waals surface area contributed by atoms with Crippen molar-refractivity contribution in [2.45, 2.75) is 13.3 Å². The minimum Gasteiger partial charge on any atom is -0.497 e. The van der Waals surface area contributed by atoms with E-state index in [2.05, 4.69) is 0 Å². The van der Waals surface area contributed by atoms with Crippen molar-refractivity contribution < 1.29 is 23.5 Å². The van der Waals surface area contributed by atoms with E-state index >= 15 is 0 Å². The summed E-state index contributed by atoms with van der Waals surface area (Å²) in [5, 5.41) is 0. The zero-order valence-electron chi connectivity index (χ0n) is 14.5. The molecule has 0 saturated heterocycles. The zero-order chi connectivity index (χ0) is 18.5. The van der Waals surface area contributed by atoms with E-state index in [-0.39, 0.29) is 18.2 Å². The molecule has 0 amide bonds. The number of carbonyl (C=O) groups excluding carboxylic acids is 2. The van der Waals surface area contributed by atoms with Gasteiger partial charge < -0.3 is 13.9 Å². The largest absolute Gasteiger partial charge is 0.497 e. The van der Waals surface area contributed by atoms with Crippen molar-refractivity contribution in [3.63, 3.8) is 0 Å². The number of ether oxygens (including phenoxy) is 2. The van der Waals surface area contributed by atoms with E-state index in [0.29, 0.717) is 17.0 Å². The second-order valence-electron chi connectivity index (χ2n) is 5.52. The maximum Gasteiger partial charge on any atom is 0.310 e. The molecule has 5 nitrogen and oxygen atoms in total. The third kappa shape index (κ3) is 3.86. The number of thiophene rings is 1. The maximum absolute atomic E-state index is 12.6. The summed E-state index contributed by atoms with van der Waals surface area (Å²) in [6.07, 6.45) is 3.00. The summed E-state index contributed by atoms with van der Waals surface area (Å²) in [7, 11) is 1.61. The minimum atomic E-state index is -0.317. The third-order valence-electron chi connectivity index (χ3n) is 3.81. The molecule has 3 rings (SSSR count). The van der Waals surface area contributed by atoms with Crippen LogP contribution in [0.2, 0.25) is 0 Å². The van der Waals surface area contributed by atoms with Crippen LogP contribution in [-0.4, -0.2) is 25.5 Å². The van der Waals surface area contributed by atoms with Crippen molar-refractivity contribution in [2.24, 2.45) is 0 Å². The molecule has 0 saturated carbocycles. The molecule has 3 aromatic rings. The van der Waals surface area contributed by atoms with Crippen molar-refractivity contribution in [3.8, 4) is 16.2 Å². The smallest absolute Gasteiger partial charge is 0.310 e. The number of esters is 1. The first kappa shape index (κ1) is 17.9. The predicted octanol–water partition coefficient (Wildman–Crippen LogP) is 4.35. The van der Waals surface area contributed by atoms with Crippen LogP contribution < -0.4 is 4.74 Å². The molecule has 0 aliphatic rings. The van der Waals surface area contributed by atoms with Crippen LogP contribution in [0.15, 0.2) is 53.3 Å². The van der Waals surface area contributed by atoms with Crippen molar-refractivity contribution in [2.75, 3.05) is 13.7 Å². The van der Waals surface area contributed by atoms with Gasteiger partial charge in [-0.3, -0.25) is 9.59 Å². The molecule has 0 aliphatic heterocycles. The van der Waals surface area contributed by atoms with Gasteiger partial charge in [0.05, 0.1) is 36.8 Å². The molecule has 6 heteroatoms. The molecule has 0 N–H and O–H groups in total. The van der Waals surface area contributed by atoms with E-state index in [9.17, 15) is 9.59 Å². The fourth-order valence-corrected chi connectivity index (χ4v) is 3.71. The van der Waals surface area contributed by atoms with Gasteiger partial charge in [0.25, 0.3) is 0 Å². The van der Waals surface area contributed by atoms with Gasteiger partial charge in [-0.05, 0) is 54.4 Å². The van der Waals surface area contributed by atoms with Crippen molar-refractivity contribution in [3.05, 3.63) is 64.9 Å². The number of furan rings is 1. The number of rotatable bonds is 7. The fourth-order valence-electron chi connectivity index (χ4n) is 2.56. The predicted molar refractivity (Wildman–Crippen MR) is 98.8 cm³/mol. The zero-order valence-corrected chi connectivity index (χ0v) is 15.3. The van der Waals surface area contributed by atoms with Crippen molar-refractivity contribution >= 4 is 23.1 Å². The second kappa shape index (κ2) is 8.01. The molecule has 0 aliphatic carbocycles. The van der Waals surface area contributed by atoms with Crippen LogP contribution >= 0.6 is 11.3 Å². The standard InChI is InChI=1S/C20H18O5S/c1-3-25-18(21)11-15-10-17(19(22)14-8-9-24-12-14)26-20(15)13-4-6-16(23-2)7-5-13/h4-10,12H,3,11H2,1-2H3. The van der Waals surface area contributed by atoms with Crippen LogP contribution in [0.25, 0.3) is 10.4 Å².